The Bertz CT molecular complexity index is 711. The van der Waals surface area contributed by atoms with Crippen molar-refractivity contribution < 1.29 is 19.0 Å². The monoisotopic (exact) mass is 343 g/mol. The summed E-state index contributed by atoms with van der Waals surface area (Å²) < 4.78 is 18.6. The van der Waals surface area contributed by atoms with Crippen LogP contribution >= 0.6 is 0 Å². The van der Waals surface area contributed by atoms with E-state index in [1.165, 1.54) is 12.1 Å². The highest BCUT2D eigenvalue weighted by atomic mass is 19.1. The van der Waals surface area contributed by atoms with Gasteiger partial charge >= 0.3 is 5.97 Å². The van der Waals surface area contributed by atoms with Crippen molar-refractivity contribution in [3.05, 3.63) is 65.5 Å². The highest BCUT2D eigenvalue weighted by molar-refractivity contribution is 5.73. The van der Waals surface area contributed by atoms with Crippen LogP contribution in [0.25, 0.3) is 0 Å². The zero-order valence-corrected chi connectivity index (χ0v) is 14.2. The molecule has 0 bridgehead atoms. The lowest BCUT2D eigenvalue weighted by Gasteiger charge is -2.26. The molecule has 132 valence electrons. The molecule has 0 aromatic heterocycles. The van der Waals surface area contributed by atoms with E-state index in [9.17, 15) is 14.3 Å². The number of carboxylic acids is 1. The Morgan fingerprint density at radius 2 is 1.76 bits per heavy atom. The number of hydrogen-bond acceptors (Lipinski definition) is 3. The Hall–Kier alpha value is -2.40. The first-order valence-corrected chi connectivity index (χ1v) is 8.47. The third-order valence-electron chi connectivity index (χ3n) is 4.48. The maximum atomic E-state index is 12.9. The summed E-state index contributed by atoms with van der Waals surface area (Å²) >= 11 is 0. The van der Waals surface area contributed by atoms with E-state index in [1.54, 1.807) is 19.1 Å². The van der Waals surface area contributed by atoms with Gasteiger partial charge in [-0.1, -0.05) is 24.3 Å². The maximum absolute atomic E-state index is 12.9. The van der Waals surface area contributed by atoms with Crippen molar-refractivity contribution in [2.45, 2.75) is 45.0 Å². The van der Waals surface area contributed by atoms with Gasteiger partial charge in [-0.05, 0) is 55.2 Å². The summed E-state index contributed by atoms with van der Waals surface area (Å²) in [6.07, 6.45) is 2.13. The van der Waals surface area contributed by atoms with Crippen molar-refractivity contribution in [2.24, 2.45) is 0 Å². The van der Waals surface area contributed by atoms with E-state index in [4.69, 9.17) is 4.74 Å². The summed E-state index contributed by atoms with van der Waals surface area (Å²) in [4.78, 5) is 13.3. The zero-order valence-electron chi connectivity index (χ0n) is 14.2. The first-order chi connectivity index (χ1) is 12.0. The van der Waals surface area contributed by atoms with Gasteiger partial charge in [-0.25, -0.2) is 4.39 Å². The number of halogens is 1. The molecule has 2 aromatic rings. The molecule has 0 heterocycles. The fourth-order valence-electron chi connectivity index (χ4n) is 2.78. The molecular weight excluding hydrogens is 321 g/mol. The summed E-state index contributed by atoms with van der Waals surface area (Å²) in [6.45, 7) is 2.74. The Labute approximate surface area is 146 Å². The molecule has 1 saturated carbocycles. The predicted octanol–water partition coefficient (Wildman–Crippen LogP) is 3.84. The van der Waals surface area contributed by atoms with Crippen LogP contribution < -0.4 is 4.74 Å². The molecule has 1 N–H and O–H groups in total. The molecule has 0 aliphatic heterocycles. The summed E-state index contributed by atoms with van der Waals surface area (Å²) in [7, 11) is 0. The number of rotatable bonds is 8. The summed E-state index contributed by atoms with van der Waals surface area (Å²) in [5, 5.41) is 9.26. The smallest absolute Gasteiger partial charge is 0.320 e. The number of aliphatic carboxylic acids is 1. The summed E-state index contributed by atoms with van der Waals surface area (Å²) in [5.41, 5.74) is 1.97. The van der Waals surface area contributed by atoms with Gasteiger partial charge in [-0.3, -0.25) is 9.69 Å². The van der Waals surface area contributed by atoms with E-state index in [2.05, 4.69) is 0 Å². The van der Waals surface area contributed by atoms with E-state index < -0.39 is 12.0 Å². The summed E-state index contributed by atoms with van der Waals surface area (Å²) in [5.74, 6) is -0.313. The molecule has 0 amide bonds. The molecule has 0 saturated heterocycles. The van der Waals surface area contributed by atoms with E-state index >= 15 is 0 Å². The van der Waals surface area contributed by atoms with Gasteiger partial charge in [0.05, 0.1) is 0 Å². The molecule has 5 heteroatoms. The van der Waals surface area contributed by atoms with Crippen molar-refractivity contribution >= 4 is 5.97 Å². The molecule has 0 spiro atoms. The van der Waals surface area contributed by atoms with Crippen molar-refractivity contribution in [2.75, 3.05) is 0 Å². The molecule has 3 rings (SSSR count). The number of carboxylic acid groups (broad SMARTS) is 1. The molecule has 1 aliphatic carbocycles. The molecule has 4 nitrogen and oxygen atoms in total. The largest absolute Gasteiger partial charge is 0.489 e. The van der Waals surface area contributed by atoms with Crippen LogP contribution in [0.2, 0.25) is 0 Å². The molecule has 2 aromatic carbocycles. The topological polar surface area (TPSA) is 49.8 Å². The third-order valence-corrected chi connectivity index (χ3v) is 4.48. The van der Waals surface area contributed by atoms with Gasteiger partial charge in [-0.15, -0.1) is 0 Å². The van der Waals surface area contributed by atoms with E-state index in [1.807, 2.05) is 29.2 Å². The first kappa shape index (κ1) is 17.4. The first-order valence-electron chi connectivity index (χ1n) is 8.47. The minimum Gasteiger partial charge on any atom is -0.489 e. The molecule has 0 radical (unpaired) electrons. The lowest BCUT2D eigenvalue weighted by molar-refractivity contribution is -0.143. The predicted molar refractivity (Wildman–Crippen MR) is 92.8 cm³/mol. The van der Waals surface area contributed by atoms with Gasteiger partial charge in [0, 0.05) is 12.6 Å². The van der Waals surface area contributed by atoms with Gasteiger partial charge in [0.25, 0.3) is 0 Å². The fourth-order valence-corrected chi connectivity index (χ4v) is 2.78. The van der Waals surface area contributed by atoms with Gasteiger partial charge in [-0.2, -0.15) is 0 Å². The van der Waals surface area contributed by atoms with Crippen LogP contribution in [0.5, 0.6) is 5.75 Å². The van der Waals surface area contributed by atoms with E-state index in [0.717, 1.165) is 29.7 Å². The minimum absolute atomic E-state index is 0.260. The maximum Gasteiger partial charge on any atom is 0.320 e. The van der Waals surface area contributed by atoms with Crippen LogP contribution in [0.4, 0.5) is 4.39 Å². The zero-order chi connectivity index (χ0) is 17.8. The fraction of sp³-hybridized carbons (Fsp3) is 0.350. The van der Waals surface area contributed by atoms with Gasteiger partial charge in [0.2, 0.25) is 0 Å². The van der Waals surface area contributed by atoms with Crippen LogP contribution in [0.15, 0.2) is 48.5 Å². The van der Waals surface area contributed by atoms with Crippen LogP contribution in [0, 0.1) is 5.82 Å². The highest BCUT2D eigenvalue weighted by Crippen LogP contribution is 2.30. The second-order valence-electron chi connectivity index (χ2n) is 6.48. The molecule has 1 aliphatic rings. The Morgan fingerprint density at radius 1 is 1.16 bits per heavy atom. The third kappa shape index (κ3) is 4.79. The van der Waals surface area contributed by atoms with Crippen LogP contribution in [-0.2, 0) is 17.9 Å². The van der Waals surface area contributed by atoms with Gasteiger partial charge < -0.3 is 9.84 Å². The second kappa shape index (κ2) is 7.66. The number of nitrogens with zero attached hydrogens (tertiary/aromatic N) is 1. The number of benzene rings is 2. The number of hydrogen-bond donors (Lipinski definition) is 1. The van der Waals surface area contributed by atoms with Crippen molar-refractivity contribution in [3.63, 3.8) is 0 Å². The quantitative estimate of drug-likeness (QED) is 0.791. The molecule has 1 fully saturated rings. The van der Waals surface area contributed by atoms with Crippen LogP contribution in [0.1, 0.15) is 30.9 Å². The van der Waals surface area contributed by atoms with Crippen molar-refractivity contribution in [1.82, 2.24) is 4.90 Å². The van der Waals surface area contributed by atoms with Gasteiger partial charge in [0.15, 0.2) is 0 Å². The Morgan fingerprint density at radius 3 is 2.32 bits per heavy atom. The minimum atomic E-state index is -0.786. The van der Waals surface area contributed by atoms with Crippen LogP contribution in [-0.4, -0.2) is 28.1 Å². The van der Waals surface area contributed by atoms with Crippen molar-refractivity contribution in [1.29, 1.82) is 0 Å². The number of carbonyl (C=O) groups is 1. The molecule has 25 heavy (non-hydrogen) atoms. The Balaban J connectivity index is 1.57. The van der Waals surface area contributed by atoms with E-state index in [0.29, 0.717) is 19.2 Å². The lowest BCUT2D eigenvalue weighted by atomic mass is 10.1. The molecule has 1 unspecified atom stereocenters. The van der Waals surface area contributed by atoms with Crippen molar-refractivity contribution in [3.8, 4) is 5.75 Å². The second-order valence-corrected chi connectivity index (χ2v) is 6.48. The average molecular weight is 343 g/mol. The van der Waals surface area contributed by atoms with Crippen LogP contribution in [0.3, 0.4) is 0 Å². The highest BCUT2D eigenvalue weighted by Gasteiger charge is 2.34. The number of ether oxygens (including phenoxy) is 1. The molecular formula is C20H22FNO3. The normalized spacial score (nSPS) is 15.2. The lowest BCUT2D eigenvalue weighted by Crippen LogP contribution is -2.39. The Kier molecular flexibility index (Phi) is 5.34. The average Bonchev–Trinajstić information content (AvgIpc) is 3.44. The molecule has 1 atom stereocenters. The SMILES string of the molecule is CC(C(=O)O)N(Cc1ccc(OCc2ccc(F)cc2)cc1)C1CC1. The van der Waals surface area contributed by atoms with Gasteiger partial charge in [0.1, 0.15) is 24.2 Å². The van der Waals surface area contributed by atoms with E-state index in [-0.39, 0.29) is 5.82 Å². The standard InChI is InChI=1S/C20H22FNO3/c1-14(20(23)24)22(18-8-9-18)12-15-4-10-19(11-5-15)25-13-16-2-6-17(21)7-3-16/h2-7,10-11,14,18H,8-9,12-13H2,1H3,(H,23,24). The summed E-state index contributed by atoms with van der Waals surface area (Å²) in [6, 6.07) is 13.8.